The summed E-state index contributed by atoms with van der Waals surface area (Å²) in [6.45, 7) is 9.42. The van der Waals surface area contributed by atoms with Gasteiger partial charge in [0.05, 0.1) is 6.07 Å². The van der Waals surface area contributed by atoms with Crippen LogP contribution in [0.2, 0.25) is 0 Å². The third kappa shape index (κ3) is 11.2. The van der Waals surface area contributed by atoms with E-state index in [4.69, 9.17) is 5.26 Å². The van der Waals surface area contributed by atoms with E-state index in [-0.39, 0.29) is 11.3 Å². The predicted octanol–water partition coefficient (Wildman–Crippen LogP) is 3.26. The Kier molecular flexibility index (Phi) is 7.61. The molecule has 0 spiro atoms. The van der Waals surface area contributed by atoms with Gasteiger partial charge in [0, 0.05) is 19.4 Å². The van der Waals surface area contributed by atoms with Crippen molar-refractivity contribution in [3.8, 4) is 6.07 Å². The Labute approximate surface area is 106 Å². The average Bonchev–Trinajstić information content (AvgIpc) is 2.14. The fourth-order valence-corrected chi connectivity index (χ4v) is 2.06. The van der Waals surface area contributed by atoms with Crippen molar-refractivity contribution in [3.63, 3.8) is 0 Å². The Bertz CT molecular complexity index is 260. The molecule has 0 heterocycles. The minimum atomic E-state index is 0.138. The van der Waals surface area contributed by atoms with Crippen molar-refractivity contribution in [1.29, 1.82) is 5.26 Å². The zero-order chi connectivity index (χ0) is 13.3. The van der Waals surface area contributed by atoms with Crippen LogP contribution in [-0.2, 0) is 4.79 Å². The second-order valence-corrected chi connectivity index (χ2v) is 6.04. The molecule has 0 radical (unpaired) electrons. The van der Waals surface area contributed by atoms with Crippen LogP contribution in [0.4, 0.5) is 0 Å². The quantitative estimate of drug-likeness (QED) is 0.692. The number of carbonyl (C=O) groups excluding carboxylic acids is 1. The van der Waals surface area contributed by atoms with Crippen LogP contribution in [0.3, 0.4) is 0 Å². The number of hydrogen-bond acceptors (Lipinski definition) is 2. The lowest BCUT2D eigenvalue weighted by molar-refractivity contribution is -0.122. The first-order chi connectivity index (χ1) is 7.85. The fourth-order valence-electron chi connectivity index (χ4n) is 2.06. The van der Waals surface area contributed by atoms with Gasteiger partial charge >= 0.3 is 0 Å². The van der Waals surface area contributed by atoms with E-state index in [2.05, 4.69) is 39.1 Å². The Balaban J connectivity index is 3.62. The SMILES string of the molecule is CC(CC(=O)NCCCCC#N)CC(C)(C)C. The molecule has 0 aliphatic carbocycles. The van der Waals surface area contributed by atoms with E-state index in [1.165, 1.54) is 0 Å². The molecule has 0 aliphatic rings. The largest absolute Gasteiger partial charge is 0.356 e. The summed E-state index contributed by atoms with van der Waals surface area (Å²) in [4.78, 5) is 11.6. The highest BCUT2D eigenvalue weighted by Gasteiger charge is 2.17. The van der Waals surface area contributed by atoms with Crippen molar-refractivity contribution in [2.75, 3.05) is 6.54 Å². The van der Waals surface area contributed by atoms with Gasteiger partial charge < -0.3 is 5.32 Å². The summed E-state index contributed by atoms with van der Waals surface area (Å²) in [6, 6.07) is 2.10. The standard InChI is InChI=1S/C14H26N2O/c1-12(11-14(2,3)4)10-13(17)16-9-7-5-6-8-15/h12H,5-7,9-11H2,1-4H3,(H,16,17). The Morgan fingerprint density at radius 2 is 2.00 bits per heavy atom. The Morgan fingerprint density at radius 3 is 2.53 bits per heavy atom. The normalized spacial score (nSPS) is 12.9. The molecule has 0 saturated heterocycles. The van der Waals surface area contributed by atoms with Crippen LogP contribution in [0.15, 0.2) is 0 Å². The highest BCUT2D eigenvalue weighted by atomic mass is 16.1. The maximum absolute atomic E-state index is 11.6. The van der Waals surface area contributed by atoms with Gasteiger partial charge in [0.1, 0.15) is 0 Å². The zero-order valence-corrected chi connectivity index (χ0v) is 11.7. The number of amides is 1. The minimum absolute atomic E-state index is 0.138. The molecule has 0 aromatic rings. The molecule has 0 fully saturated rings. The lowest BCUT2D eigenvalue weighted by atomic mass is 9.84. The summed E-state index contributed by atoms with van der Waals surface area (Å²) in [5.41, 5.74) is 0.284. The maximum atomic E-state index is 11.6. The van der Waals surface area contributed by atoms with Crippen molar-refractivity contribution >= 4 is 5.91 Å². The number of rotatable bonds is 7. The number of nitrogens with one attached hydrogen (secondary N) is 1. The predicted molar refractivity (Wildman–Crippen MR) is 70.3 cm³/mol. The van der Waals surface area contributed by atoms with E-state index >= 15 is 0 Å². The van der Waals surface area contributed by atoms with Gasteiger partial charge in [-0.2, -0.15) is 5.26 Å². The molecule has 1 amide bonds. The average molecular weight is 238 g/mol. The van der Waals surface area contributed by atoms with Crippen LogP contribution in [0, 0.1) is 22.7 Å². The molecule has 1 unspecified atom stereocenters. The highest BCUT2D eigenvalue weighted by molar-refractivity contribution is 5.76. The molecule has 0 saturated carbocycles. The molecule has 3 heteroatoms. The summed E-state index contributed by atoms with van der Waals surface area (Å²) in [7, 11) is 0. The topological polar surface area (TPSA) is 52.9 Å². The van der Waals surface area contributed by atoms with Crippen LogP contribution in [0.25, 0.3) is 0 Å². The minimum Gasteiger partial charge on any atom is -0.356 e. The van der Waals surface area contributed by atoms with Gasteiger partial charge in [-0.3, -0.25) is 4.79 Å². The van der Waals surface area contributed by atoms with E-state index in [0.717, 1.165) is 19.3 Å². The van der Waals surface area contributed by atoms with Gasteiger partial charge in [-0.25, -0.2) is 0 Å². The van der Waals surface area contributed by atoms with Gasteiger partial charge in [0.15, 0.2) is 0 Å². The van der Waals surface area contributed by atoms with Crippen LogP contribution in [0.1, 0.15) is 59.8 Å². The van der Waals surface area contributed by atoms with Crippen LogP contribution < -0.4 is 5.32 Å². The highest BCUT2D eigenvalue weighted by Crippen LogP contribution is 2.25. The first-order valence-electron chi connectivity index (χ1n) is 6.49. The van der Waals surface area contributed by atoms with Gasteiger partial charge in [0.2, 0.25) is 5.91 Å². The lowest BCUT2D eigenvalue weighted by Crippen LogP contribution is -2.27. The van der Waals surface area contributed by atoms with Gasteiger partial charge in [-0.1, -0.05) is 27.7 Å². The fraction of sp³-hybridized carbons (Fsp3) is 0.857. The molecule has 98 valence electrons. The third-order valence-corrected chi connectivity index (χ3v) is 2.53. The molecule has 1 N–H and O–H groups in total. The molecule has 0 rings (SSSR count). The van der Waals surface area contributed by atoms with Crippen molar-refractivity contribution < 1.29 is 4.79 Å². The summed E-state index contributed by atoms with van der Waals surface area (Å²) in [6.07, 6.45) is 4.02. The molecular formula is C14H26N2O. The lowest BCUT2D eigenvalue weighted by Gasteiger charge is -2.22. The molecule has 0 aromatic carbocycles. The summed E-state index contributed by atoms with van der Waals surface area (Å²) in [5.74, 6) is 0.563. The van der Waals surface area contributed by atoms with E-state index < -0.39 is 0 Å². The van der Waals surface area contributed by atoms with E-state index in [0.29, 0.717) is 25.3 Å². The first kappa shape index (κ1) is 16.0. The van der Waals surface area contributed by atoms with E-state index in [9.17, 15) is 4.79 Å². The number of nitriles is 1. The van der Waals surface area contributed by atoms with Crippen molar-refractivity contribution in [2.24, 2.45) is 11.3 Å². The second kappa shape index (κ2) is 8.11. The molecular weight excluding hydrogens is 212 g/mol. The molecule has 1 atom stereocenters. The third-order valence-electron chi connectivity index (χ3n) is 2.53. The number of hydrogen-bond donors (Lipinski definition) is 1. The number of carbonyl (C=O) groups is 1. The smallest absolute Gasteiger partial charge is 0.220 e. The number of nitrogens with zero attached hydrogens (tertiary/aromatic N) is 1. The van der Waals surface area contributed by atoms with Gasteiger partial charge in [0.25, 0.3) is 0 Å². The van der Waals surface area contributed by atoms with E-state index in [1.807, 2.05) is 0 Å². The van der Waals surface area contributed by atoms with Gasteiger partial charge in [-0.05, 0) is 30.6 Å². The molecule has 0 aliphatic heterocycles. The molecule has 17 heavy (non-hydrogen) atoms. The van der Waals surface area contributed by atoms with Crippen LogP contribution in [-0.4, -0.2) is 12.5 Å². The summed E-state index contributed by atoms with van der Waals surface area (Å²) >= 11 is 0. The molecule has 0 aromatic heterocycles. The maximum Gasteiger partial charge on any atom is 0.220 e. The molecule has 0 bridgehead atoms. The Hall–Kier alpha value is -1.04. The molecule has 3 nitrogen and oxygen atoms in total. The van der Waals surface area contributed by atoms with Crippen LogP contribution >= 0.6 is 0 Å². The van der Waals surface area contributed by atoms with Crippen molar-refractivity contribution in [2.45, 2.75) is 59.8 Å². The first-order valence-corrected chi connectivity index (χ1v) is 6.49. The van der Waals surface area contributed by atoms with Crippen molar-refractivity contribution in [1.82, 2.24) is 5.32 Å². The summed E-state index contributed by atoms with van der Waals surface area (Å²) in [5, 5.41) is 11.3. The Morgan fingerprint density at radius 1 is 1.35 bits per heavy atom. The second-order valence-electron chi connectivity index (χ2n) is 6.04. The summed E-state index contributed by atoms with van der Waals surface area (Å²) < 4.78 is 0. The zero-order valence-electron chi connectivity index (χ0n) is 11.7. The van der Waals surface area contributed by atoms with Crippen LogP contribution in [0.5, 0.6) is 0 Å². The van der Waals surface area contributed by atoms with Crippen molar-refractivity contribution in [3.05, 3.63) is 0 Å². The monoisotopic (exact) mass is 238 g/mol. The number of unbranched alkanes of at least 4 members (excludes halogenated alkanes) is 2. The van der Waals surface area contributed by atoms with Gasteiger partial charge in [-0.15, -0.1) is 0 Å². The van der Waals surface area contributed by atoms with E-state index in [1.54, 1.807) is 0 Å².